The molecule has 1 unspecified atom stereocenters. The Bertz CT molecular complexity index is 1020. The molecule has 1 aromatic carbocycles. The highest BCUT2D eigenvalue weighted by Gasteiger charge is 2.37. The van der Waals surface area contributed by atoms with Crippen LogP contribution in [0.5, 0.6) is 0 Å². The third kappa shape index (κ3) is 3.10. The van der Waals surface area contributed by atoms with Gasteiger partial charge in [0.25, 0.3) is 5.91 Å². The van der Waals surface area contributed by atoms with Crippen molar-refractivity contribution in [2.75, 3.05) is 16.8 Å². The first kappa shape index (κ1) is 16.8. The zero-order valence-electron chi connectivity index (χ0n) is 13.9. The van der Waals surface area contributed by atoms with Crippen LogP contribution in [0.2, 0.25) is 0 Å². The van der Waals surface area contributed by atoms with Gasteiger partial charge in [0, 0.05) is 29.9 Å². The molecular formula is C17H18N4O4S. The number of aromatic amines is 1. The van der Waals surface area contributed by atoms with Crippen LogP contribution in [-0.2, 0) is 19.4 Å². The summed E-state index contributed by atoms with van der Waals surface area (Å²) in [7, 11) is -3.14. The number of rotatable bonds is 3. The summed E-state index contributed by atoms with van der Waals surface area (Å²) in [6.07, 6.45) is 2.54. The number of H-pyrrole nitrogens is 1. The Hall–Kier alpha value is -2.68. The third-order valence-corrected chi connectivity index (χ3v) is 6.47. The first-order valence-corrected chi connectivity index (χ1v) is 10.2. The summed E-state index contributed by atoms with van der Waals surface area (Å²) in [5.74, 6) is -0.665. The number of carbonyl (C=O) groups excluding carboxylic acids is 2. The highest BCUT2D eigenvalue weighted by molar-refractivity contribution is 7.91. The van der Waals surface area contributed by atoms with Crippen molar-refractivity contribution in [2.24, 2.45) is 5.10 Å². The van der Waals surface area contributed by atoms with Gasteiger partial charge in [-0.25, -0.2) is 13.4 Å². The molecule has 1 fully saturated rings. The molecule has 0 aliphatic carbocycles. The SMILES string of the molecule is O=C(Nc1cccc2[nH]ccc12)C1=NN(C2CCS(=O)(=O)C2)C(=O)CC1. The zero-order chi connectivity index (χ0) is 18.3. The maximum atomic E-state index is 12.6. The molecule has 9 heteroatoms. The van der Waals surface area contributed by atoms with Crippen molar-refractivity contribution in [3.8, 4) is 0 Å². The maximum absolute atomic E-state index is 12.6. The van der Waals surface area contributed by atoms with E-state index in [4.69, 9.17) is 0 Å². The predicted octanol–water partition coefficient (Wildman–Crippen LogP) is 1.27. The highest BCUT2D eigenvalue weighted by Crippen LogP contribution is 2.24. The van der Waals surface area contributed by atoms with Crippen molar-refractivity contribution in [3.63, 3.8) is 0 Å². The van der Waals surface area contributed by atoms with Crippen LogP contribution in [0.4, 0.5) is 5.69 Å². The lowest BCUT2D eigenvalue weighted by Crippen LogP contribution is -2.42. The first-order chi connectivity index (χ1) is 12.4. The third-order valence-electron chi connectivity index (χ3n) is 4.72. The Morgan fingerprint density at radius 3 is 2.88 bits per heavy atom. The average molecular weight is 374 g/mol. The number of nitrogens with one attached hydrogen (secondary N) is 2. The lowest BCUT2D eigenvalue weighted by atomic mass is 10.1. The summed E-state index contributed by atoms with van der Waals surface area (Å²) in [4.78, 5) is 27.8. The van der Waals surface area contributed by atoms with E-state index in [-0.39, 0.29) is 41.9 Å². The van der Waals surface area contributed by atoms with Crippen molar-refractivity contribution < 1.29 is 18.0 Å². The van der Waals surface area contributed by atoms with Crippen molar-refractivity contribution in [1.82, 2.24) is 9.99 Å². The molecule has 2 N–H and O–H groups in total. The van der Waals surface area contributed by atoms with Gasteiger partial charge in [-0.15, -0.1) is 0 Å². The molecule has 26 heavy (non-hydrogen) atoms. The van der Waals surface area contributed by atoms with Crippen LogP contribution in [0.3, 0.4) is 0 Å². The molecule has 2 amide bonds. The number of amides is 2. The van der Waals surface area contributed by atoms with E-state index in [2.05, 4.69) is 15.4 Å². The lowest BCUT2D eigenvalue weighted by Gasteiger charge is -2.27. The molecule has 8 nitrogen and oxygen atoms in total. The van der Waals surface area contributed by atoms with E-state index in [0.717, 1.165) is 10.9 Å². The van der Waals surface area contributed by atoms with Gasteiger partial charge < -0.3 is 10.3 Å². The second-order valence-corrected chi connectivity index (χ2v) is 8.77. The van der Waals surface area contributed by atoms with Crippen LogP contribution in [0.15, 0.2) is 35.6 Å². The molecule has 0 radical (unpaired) electrons. The Balaban J connectivity index is 1.56. The number of hydrogen-bond acceptors (Lipinski definition) is 5. The van der Waals surface area contributed by atoms with Crippen molar-refractivity contribution in [3.05, 3.63) is 30.5 Å². The summed E-state index contributed by atoms with van der Waals surface area (Å²) in [6, 6.07) is 6.92. The molecule has 3 heterocycles. The van der Waals surface area contributed by atoms with E-state index < -0.39 is 15.9 Å². The minimum Gasteiger partial charge on any atom is -0.361 e. The molecule has 136 valence electrons. The van der Waals surface area contributed by atoms with Gasteiger partial charge in [0.05, 0.1) is 23.2 Å². The van der Waals surface area contributed by atoms with Crippen molar-refractivity contribution in [1.29, 1.82) is 0 Å². The molecule has 4 rings (SSSR count). The average Bonchev–Trinajstić information content (AvgIpc) is 3.22. The number of aromatic nitrogens is 1. The fraction of sp³-hybridized carbons (Fsp3) is 0.353. The standard InChI is InChI=1S/C17H18N4O4S/c22-16-5-4-15(20-21(16)11-7-9-26(24,25)10-11)17(23)19-14-3-1-2-13-12(14)6-8-18-13/h1-3,6,8,11,18H,4-5,7,9-10H2,(H,19,23). The number of hydrazone groups is 1. The van der Waals surface area contributed by atoms with Crippen LogP contribution >= 0.6 is 0 Å². The number of fused-ring (bicyclic) bond motifs is 1. The summed E-state index contributed by atoms with van der Waals surface area (Å²) < 4.78 is 23.4. The monoisotopic (exact) mass is 374 g/mol. The minimum atomic E-state index is -3.14. The van der Waals surface area contributed by atoms with Crippen molar-refractivity contribution in [2.45, 2.75) is 25.3 Å². The van der Waals surface area contributed by atoms with Gasteiger partial charge in [0.1, 0.15) is 5.71 Å². The normalized spacial score (nSPS) is 22.5. The largest absolute Gasteiger partial charge is 0.361 e. The molecule has 0 spiro atoms. The fourth-order valence-corrected chi connectivity index (χ4v) is 5.07. The van der Waals surface area contributed by atoms with Crippen LogP contribution in [0, 0.1) is 0 Å². The van der Waals surface area contributed by atoms with Crippen LogP contribution < -0.4 is 5.32 Å². The van der Waals surface area contributed by atoms with Gasteiger partial charge in [0.2, 0.25) is 5.91 Å². The van der Waals surface area contributed by atoms with Gasteiger partial charge in [0.15, 0.2) is 9.84 Å². The Morgan fingerprint density at radius 1 is 1.27 bits per heavy atom. The van der Waals surface area contributed by atoms with Gasteiger partial charge >= 0.3 is 0 Å². The molecule has 0 bridgehead atoms. The number of nitrogens with zero attached hydrogens (tertiary/aromatic N) is 2. The van der Waals surface area contributed by atoms with Gasteiger partial charge in [-0.05, 0) is 24.6 Å². The number of sulfone groups is 1. The zero-order valence-corrected chi connectivity index (χ0v) is 14.8. The molecule has 2 aliphatic rings. The van der Waals surface area contributed by atoms with Crippen molar-refractivity contribution >= 4 is 44.0 Å². The van der Waals surface area contributed by atoms with E-state index in [1.54, 1.807) is 12.3 Å². The summed E-state index contributed by atoms with van der Waals surface area (Å²) in [5, 5.41) is 9.10. The van der Waals surface area contributed by atoms with Crippen LogP contribution in [-0.4, -0.2) is 53.5 Å². The quantitative estimate of drug-likeness (QED) is 0.842. The highest BCUT2D eigenvalue weighted by atomic mass is 32.2. The van der Waals surface area contributed by atoms with E-state index in [0.29, 0.717) is 12.1 Å². The number of anilines is 1. The molecule has 0 saturated carbocycles. The molecule has 2 aliphatic heterocycles. The predicted molar refractivity (Wildman–Crippen MR) is 97.5 cm³/mol. The molecule has 1 atom stereocenters. The Labute approximate surface area is 150 Å². The number of carbonyl (C=O) groups is 2. The van der Waals surface area contributed by atoms with Crippen LogP contribution in [0.25, 0.3) is 10.9 Å². The van der Waals surface area contributed by atoms with E-state index in [9.17, 15) is 18.0 Å². The molecule has 1 saturated heterocycles. The summed E-state index contributed by atoms with van der Waals surface area (Å²) in [6.45, 7) is 0. The number of hydrogen-bond donors (Lipinski definition) is 2. The van der Waals surface area contributed by atoms with Gasteiger partial charge in [-0.1, -0.05) is 6.07 Å². The topological polar surface area (TPSA) is 112 Å². The number of benzene rings is 1. The second-order valence-electron chi connectivity index (χ2n) is 6.54. The van der Waals surface area contributed by atoms with E-state index >= 15 is 0 Å². The van der Waals surface area contributed by atoms with Gasteiger partial charge in [-0.3, -0.25) is 9.59 Å². The fourth-order valence-electron chi connectivity index (χ4n) is 3.38. The molecule has 2 aromatic rings. The van der Waals surface area contributed by atoms with E-state index in [1.165, 1.54) is 5.01 Å². The summed E-state index contributed by atoms with van der Waals surface area (Å²) in [5.41, 5.74) is 1.80. The maximum Gasteiger partial charge on any atom is 0.271 e. The molecular weight excluding hydrogens is 356 g/mol. The van der Waals surface area contributed by atoms with Crippen LogP contribution in [0.1, 0.15) is 19.3 Å². The smallest absolute Gasteiger partial charge is 0.271 e. The summed E-state index contributed by atoms with van der Waals surface area (Å²) >= 11 is 0. The minimum absolute atomic E-state index is 0.0496. The Morgan fingerprint density at radius 2 is 2.12 bits per heavy atom. The Kier molecular flexibility index (Phi) is 4.03. The van der Waals surface area contributed by atoms with Gasteiger partial charge in [-0.2, -0.15) is 5.10 Å². The lowest BCUT2D eigenvalue weighted by molar-refractivity contribution is -0.133. The molecule has 1 aromatic heterocycles. The first-order valence-electron chi connectivity index (χ1n) is 8.40. The second kappa shape index (κ2) is 6.24. The van der Waals surface area contributed by atoms with E-state index in [1.807, 2.05) is 18.2 Å².